The second-order valence-corrected chi connectivity index (χ2v) is 11.1. The minimum Gasteiger partial charge on any atom is -0.450 e. The van der Waals surface area contributed by atoms with Gasteiger partial charge in [-0.3, -0.25) is 4.79 Å². The van der Waals surface area contributed by atoms with Gasteiger partial charge in [0.2, 0.25) is 0 Å². The number of hydrogen-bond donors (Lipinski definition) is 1. The van der Waals surface area contributed by atoms with E-state index in [-0.39, 0.29) is 18.6 Å². The average Bonchev–Trinajstić information content (AvgIpc) is 3.12. The normalized spacial score (nSPS) is 31.5. The molecule has 4 atom stereocenters. The van der Waals surface area contributed by atoms with Crippen LogP contribution >= 0.6 is 0 Å². The molecule has 0 spiro atoms. The number of fused-ring (bicyclic) bond motifs is 3. The molecule has 6 nitrogen and oxygen atoms in total. The van der Waals surface area contributed by atoms with E-state index in [1.165, 1.54) is 32.2 Å². The van der Waals surface area contributed by atoms with Crippen LogP contribution in [-0.2, 0) is 9.53 Å². The van der Waals surface area contributed by atoms with Crippen LogP contribution in [0.25, 0.3) is 0 Å². The van der Waals surface area contributed by atoms with E-state index in [4.69, 9.17) is 4.74 Å². The fraction of sp³-hybridized carbons (Fsp3) is 0.704. The highest BCUT2D eigenvalue weighted by atomic mass is 16.5. The van der Waals surface area contributed by atoms with Gasteiger partial charge in [0.1, 0.15) is 6.04 Å². The summed E-state index contributed by atoms with van der Waals surface area (Å²) in [5.41, 5.74) is 2.32. The maximum atomic E-state index is 13.4. The van der Waals surface area contributed by atoms with Crippen LogP contribution in [0.3, 0.4) is 0 Å². The number of anilines is 1. The zero-order chi connectivity index (χ0) is 23.2. The summed E-state index contributed by atoms with van der Waals surface area (Å²) in [4.78, 5) is 30.1. The molecule has 4 unspecified atom stereocenters. The lowest BCUT2D eigenvalue weighted by atomic mass is 9.63. The van der Waals surface area contributed by atoms with E-state index >= 15 is 0 Å². The predicted molar refractivity (Wildman–Crippen MR) is 129 cm³/mol. The quantitative estimate of drug-likeness (QED) is 0.699. The molecule has 1 aromatic carbocycles. The number of rotatable bonds is 5. The zero-order valence-corrected chi connectivity index (χ0v) is 20.4. The second-order valence-electron chi connectivity index (χ2n) is 11.1. The van der Waals surface area contributed by atoms with Gasteiger partial charge in [0.25, 0.3) is 5.91 Å². The molecule has 33 heavy (non-hydrogen) atoms. The molecular weight excluding hydrogens is 414 g/mol. The summed E-state index contributed by atoms with van der Waals surface area (Å²) in [5, 5.41) is 2.78. The maximum absolute atomic E-state index is 13.4. The molecule has 2 amide bonds. The Morgan fingerprint density at radius 1 is 1.09 bits per heavy atom. The highest BCUT2D eigenvalue weighted by Crippen LogP contribution is 2.57. The lowest BCUT2D eigenvalue weighted by Crippen LogP contribution is -2.50. The van der Waals surface area contributed by atoms with Gasteiger partial charge in [0.15, 0.2) is 0 Å². The van der Waals surface area contributed by atoms with Gasteiger partial charge >= 0.3 is 6.09 Å². The number of alkyl carbamates (subject to hydrolysis) is 1. The first kappa shape index (κ1) is 22.7. The summed E-state index contributed by atoms with van der Waals surface area (Å²) in [6, 6.07) is 7.38. The van der Waals surface area contributed by atoms with Crippen molar-refractivity contribution >= 4 is 17.7 Å². The van der Waals surface area contributed by atoms with Crippen LogP contribution in [-0.4, -0.2) is 49.2 Å². The van der Waals surface area contributed by atoms with E-state index in [1.54, 1.807) is 6.92 Å². The third-order valence-electron chi connectivity index (χ3n) is 9.23. The van der Waals surface area contributed by atoms with Gasteiger partial charge in [-0.15, -0.1) is 0 Å². The van der Waals surface area contributed by atoms with Gasteiger partial charge in [0.05, 0.1) is 6.61 Å². The van der Waals surface area contributed by atoms with Crippen LogP contribution in [0.2, 0.25) is 0 Å². The Labute approximate surface area is 198 Å². The zero-order valence-electron chi connectivity index (χ0n) is 20.4. The standard InChI is InChI=1S/C27H39N3O3/c1-4-33-26(32)28-24-21-7-5-6-8-23(21)30(25(24)31)20-13-15-29(16-14-20)17-18-9-10-19-11-12-22(18)27(19,2)3/h5-8,18-20,22,24H,4,9-17H2,1-3H3,(H,28,32). The number of benzene rings is 1. The van der Waals surface area contributed by atoms with E-state index in [9.17, 15) is 9.59 Å². The first-order chi connectivity index (χ1) is 15.9. The van der Waals surface area contributed by atoms with E-state index in [1.807, 2.05) is 29.2 Å². The Morgan fingerprint density at radius 3 is 2.58 bits per heavy atom. The van der Waals surface area contributed by atoms with Crippen molar-refractivity contribution in [2.24, 2.45) is 23.2 Å². The Bertz CT molecular complexity index is 892. The van der Waals surface area contributed by atoms with Gasteiger partial charge in [0, 0.05) is 36.9 Å². The minimum atomic E-state index is -0.655. The molecule has 0 radical (unpaired) electrons. The van der Waals surface area contributed by atoms with Crippen LogP contribution in [0.15, 0.2) is 24.3 Å². The average molecular weight is 454 g/mol. The Hall–Kier alpha value is -2.08. The molecule has 1 aromatic rings. The summed E-state index contributed by atoms with van der Waals surface area (Å²) in [5.74, 6) is 2.59. The lowest BCUT2D eigenvalue weighted by Gasteiger charge is -2.45. The fourth-order valence-corrected chi connectivity index (χ4v) is 7.46. The number of ether oxygens (including phenoxy) is 1. The molecule has 2 bridgehead atoms. The number of nitrogens with one attached hydrogen (secondary N) is 1. The number of carbonyl (C=O) groups is 2. The van der Waals surface area contributed by atoms with Crippen LogP contribution in [0.5, 0.6) is 0 Å². The summed E-state index contributed by atoms with van der Waals surface area (Å²) in [6.45, 7) is 10.4. The van der Waals surface area contributed by atoms with Gasteiger partial charge in [-0.25, -0.2) is 4.79 Å². The highest BCUT2D eigenvalue weighted by molar-refractivity contribution is 6.06. The number of nitrogens with zero attached hydrogens (tertiary/aromatic N) is 2. The molecule has 1 N–H and O–H groups in total. The molecule has 2 aliphatic heterocycles. The van der Waals surface area contributed by atoms with Crippen molar-refractivity contribution in [2.45, 2.75) is 71.4 Å². The van der Waals surface area contributed by atoms with E-state index in [2.05, 4.69) is 24.1 Å². The number of amides is 2. The summed E-state index contributed by atoms with van der Waals surface area (Å²) < 4.78 is 5.04. The van der Waals surface area contributed by atoms with Crippen molar-refractivity contribution in [3.05, 3.63) is 29.8 Å². The van der Waals surface area contributed by atoms with Crippen molar-refractivity contribution in [3.63, 3.8) is 0 Å². The van der Waals surface area contributed by atoms with Gasteiger partial charge in [-0.2, -0.15) is 0 Å². The molecule has 4 aliphatic rings. The van der Waals surface area contributed by atoms with Crippen molar-refractivity contribution in [1.29, 1.82) is 0 Å². The molecule has 180 valence electrons. The smallest absolute Gasteiger partial charge is 0.408 e. The third kappa shape index (κ3) is 4.05. The van der Waals surface area contributed by atoms with Crippen molar-refractivity contribution in [2.75, 3.05) is 31.1 Å². The van der Waals surface area contributed by atoms with Crippen LogP contribution in [0.4, 0.5) is 10.5 Å². The van der Waals surface area contributed by atoms with E-state index in [0.29, 0.717) is 5.41 Å². The minimum absolute atomic E-state index is 0.0336. The predicted octanol–water partition coefficient (Wildman–Crippen LogP) is 4.75. The topological polar surface area (TPSA) is 61.9 Å². The van der Waals surface area contributed by atoms with Gasteiger partial charge in [-0.1, -0.05) is 32.0 Å². The summed E-state index contributed by atoms with van der Waals surface area (Å²) >= 11 is 0. The van der Waals surface area contributed by atoms with E-state index in [0.717, 1.165) is 54.9 Å². The molecule has 1 saturated heterocycles. The maximum Gasteiger partial charge on any atom is 0.408 e. The number of carbonyl (C=O) groups excluding carboxylic acids is 2. The molecule has 2 aliphatic carbocycles. The molecule has 2 saturated carbocycles. The van der Waals surface area contributed by atoms with Crippen LogP contribution in [0, 0.1) is 23.2 Å². The Morgan fingerprint density at radius 2 is 1.82 bits per heavy atom. The van der Waals surface area contributed by atoms with Crippen molar-refractivity contribution in [3.8, 4) is 0 Å². The van der Waals surface area contributed by atoms with Crippen molar-refractivity contribution < 1.29 is 14.3 Å². The second kappa shape index (κ2) is 8.94. The number of likely N-dealkylation sites (tertiary alicyclic amines) is 1. The molecule has 6 heteroatoms. The Kier molecular flexibility index (Phi) is 6.15. The lowest BCUT2D eigenvalue weighted by molar-refractivity contribution is -0.120. The largest absolute Gasteiger partial charge is 0.450 e. The monoisotopic (exact) mass is 453 g/mol. The van der Waals surface area contributed by atoms with Crippen LogP contribution in [0.1, 0.15) is 70.9 Å². The number of piperidine rings is 1. The molecular formula is C27H39N3O3. The SMILES string of the molecule is CCOC(=O)NC1C(=O)N(C2CCN(CC3CCC4CCC3C4(C)C)CC2)c2ccccc21. The molecule has 0 aromatic heterocycles. The first-order valence-electron chi connectivity index (χ1n) is 13.0. The Balaban J connectivity index is 1.23. The summed E-state index contributed by atoms with van der Waals surface area (Å²) in [6.07, 6.45) is 7.05. The van der Waals surface area contributed by atoms with Gasteiger partial charge < -0.3 is 19.9 Å². The first-order valence-corrected chi connectivity index (χ1v) is 13.0. The van der Waals surface area contributed by atoms with Crippen LogP contribution < -0.4 is 10.2 Å². The molecule has 2 heterocycles. The molecule has 5 rings (SSSR count). The number of hydrogen-bond acceptors (Lipinski definition) is 4. The highest BCUT2D eigenvalue weighted by Gasteiger charge is 2.50. The van der Waals surface area contributed by atoms with Gasteiger partial charge in [-0.05, 0) is 74.7 Å². The van der Waals surface area contributed by atoms with E-state index < -0.39 is 12.1 Å². The third-order valence-corrected chi connectivity index (χ3v) is 9.23. The van der Waals surface area contributed by atoms with Crippen molar-refractivity contribution in [1.82, 2.24) is 10.2 Å². The fourth-order valence-electron chi connectivity index (χ4n) is 7.46. The number of para-hydroxylation sites is 1. The summed E-state index contributed by atoms with van der Waals surface area (Å²) in [7, 11) is 0. The molecule has 3 fully saturated rings.